The van der Waals surface area contributed by atoms with Gasteiger partial charge in [-0.25, -0.2) is 13.1 Å². The SMILES string of the molecule is COCCCC(=O)N1CCCC(NS(=O)(=O)c2ccccc2)C1. The first-order chi connectivity index (χ1) is 11.0. The topological polar surface area (TPSA) is 75.7 Å². The summed E-state index contributed by atoms with van der Waals surface area (Å²) in [7, 11) is -1.93. The lowest BCUT2D eigenvalue weighted by Crippen LogP contribution is -2.49. The van der Waals surface area contributed by atoms with Gasteiger partial charge in [-0.2, -0.15) is 0 Å². The van der Waals surface area contributed by atoms with Crippen molar-refractivity contribution in [3.05, 3.63) is 30.3 Å². The van der Waals surface area contributed by atoms with Crippen LogP contribution in [0.3, 0.4) is 0 Å². The van der Waals surface area contributed by atoms with Crippen LogP contribution in [0.5, 0.6) is 0 Å². The van der Waals surface area contributed by atoms with Crippen molar-refractivity contribution in [1.82, 2.24) is 9.62 Å². The van der Waals surface area contributed by atoms with E-state index >= 15 is 0 Å². The second-order valence-electron chi connectivity index (χ2n) is 5.71. The van der Waals surface area contributed by atoms with E-state index in [0.29, 0.717) is 32.5 Å². The molecule has 7 heteroatoms. The number of hydrogen-bond donors (Lipinski definition) is 1. The van der Waals surface area contributed by atoms with Gasteiger partial charge in [0.1, 0.15) is 0 Å². The molecule has 1 aromatic carbocycles. The first-order valence-corrected chi connectivity index (χ1v) is 9.35. The van der Waals surface area contributed by atoms with Crippen molar-refractivity contribution in [3.8, 4) is 0 Å². The Balaban J connectivity index is 1.92. The number of benzene rings is 1. The predicted octanol–water partition coefficient (Wildman–Crippen LogP) is 1.38. The minimum atomic E-state index is -3.54. The Kier molecular flexibility index (Phi) is 6.56. The third-order valence-electron chi connectivity index (χ3n) is 3.89. The molecule has 1 fully saturated rings. The van der Waals surface area contributed by atoms with Crippen molar-refractivity contribution in [2.45, 2.75) is 36.6 Å². The second-order valence-corrected chi connectivity index (χ2v) is 7.42. The molecule has 23 heavy (non-hydrogen) atoms. The zero-order chi connectivity index (χ0) is 16.7. The number of carbonyl (C=O) groups excluding carboxylic acids is 1. The van der Waals surface area contributed by atoms with Crippen molar-refractivity contribution in [2.24, 2.45) is 0 Å². The minimum absolute atomic E-state index is 0.0608. The van der Waals surface area contributed by atoms with Crippen LogP contribution in [0.4, 0.5) is 0 Å². The molecular formula is C16H24N2O4S. The van der Waals surface area contributed by atoms with E-state index in [1.165, 1.54) is 0 Å². The number of methoxy groups -OCH3 is 1. The molecular weight excluding hydrogens is 316 g/mol. The number of nitrogens with one attached hydrogen (secondary N) is 1. The van der Waals surface area contributed by atoms with Crippen molar-refractivity contribution in [2.75, 3.05) is 26.8 Å². The highest BCUT2D eigenvalue weighted by atomic mass is 32.2. The normalized spacial score (nSPS) is 18.8. The van der Waals surface area contributed by atoms with Crippen LogP contribution in [0.25, 0.3) is 0 Å². The van der Waals surface area contributed by atoms with E-state index < -0.39 is 10.0 Å². The number of nitrogens with zero attached hydrogens (tertiary/aromatic N) is 1. The Morgan fingerprint density at radius 2 is 2.09 bits per heavy atom. The number of piperidine rings is 1. The maximum atomic E-state index is 12.4. The number of carbonyl (C=O) groups is 1. The number of ether oxygens (including phenoxy) is 1. The summed E-state index contributed by atoms with van der Waals surface area (Å²) in [6.07, 6.45) is 2.67. The molecule has 1 atom stereocenters. The molecule has 128 valence electrons. The molecule has 1 saturated heterocycles. The largest absolute Gasteiger partial charge is 0.385 e. The molecule has 2 rings (SSSR count). The highest BCUT2D eigenvalue weighted by molar-refractivity contribution is 7.89. The lowest BCUT2D eigenvalue weighted by molar-refractivity contribution is -0.132. The average molecular weight is 340 g/mol. The lowest BCUT2D eigenvalue weighted by atomic mass is 10.1. The molecule has 1 N–H and O–H groups in total. The Labute approximate surface area is 137 Å². The van der Waals surface area contributed by atoms with E-state index in [4.69, 9.17) is 4.74 Å². The molecule has 0 aliphatic carbocycles. The van der Waals surface area contributed by atoms with Gasteiger partial charge in [0.2, 0.25) is 15.9 Å². The fraction of sp³-hybridized carbons (Fsp3) is 0.562. The van der Waals surface area contributed by atoms with Crippen molar-refractivity contribution in [1.29, 1.82) is 0 Å². The van der Waals surface area contributed by atoms with E-state index in [2.05, 4.69) is 4.72 Å². The summed E-state index contributed by atoms with van der Waals surface area (Å²) in [6, 6.07) is 8.07. The summed E-state index contributed by atoms with van der Waals surface area (Å²) in [5.41, 5.74) is 0. The number of hydrogen-bond acceptors (Lipinski definition) is 4. The summed E-state index contributed by atoms with van der Waals surface area (Å²) in [4.78, 5) is 14.1. The van der Waals surface area contributed by atoms with Crippen LogP contribution in [0.15, 0.2) is 35.2 Å². The van der Waals surface area contributed by atoms with Gasteiger partial charge in [0.15, 0.2) is 0 Å². The van der Waals surface area contributed by atoms with Crippen LogP contribution >= 0.6 is 0 Å². The molecule has 1 heterocycles. The standard InChI is InChI=1S/C16H24N2O4S/c1-22-12-6-10-16(19)18-11-5-7-14(13-18)17-23(20,21)15-8-3-2-4-9-15/h2-4,8-9,14,17H,5-7,10-13H2,1H3. The third-order valence-corrected chi connectivity index (χ3v) is 5.42. The monoisotopic (exact) mass is 340 g/mol. The number of likely N-dealkylation sites (tertiary alicyclic amines) is 1. The van der Waals surface area contributed by atoms with E-state index in [-0.39, 0.29) is 16.8 Å². The second kappa shape index (κ2) is 8.42. The van der Waals surface area contributed by atoms with Gasteiger partial charge < -0.3 is 9.64 Å². The zero-order valence-electron chi connectivity index (χ0n) is 13.4. The van der Waals surface area contributed by atoms with Gasteiger partial charge in [-0.05, 0) is 31.4 Å². The van der Waals surface area contributed by atoms with Crippen LogP contribution in [0, 0.1) is 0 Å². The van der Waals surface area contributed by atoms with Gasteiger partial charge >= 0.3 is 0 Å². The first-order valence-electron chi connectivity index (χ1n) is 7.87. The molecule has 0 saturated carbocycles. The molecule has 1 aliphatic rings. The van der Waals surface area contributed by atoms with Gasteiger partial charge in [0.25, 0.3) is 0 Å². The maximum absolute atomic E-state index is 12.4. The average Bonchev–Trinajstić information content (AvgIpc) is 2.55. The molecule has 1 aromatic rings. The molecule has 1 aliphatic heterocycles. The maximum Gasteiger partial charge on any atom is 0.240 e. The first kappa shape index (κ1) is 17.9. The number of amides is 1. The summed E-state index contributed by atoms with van der Waals surface area (Å²) in [5, 5.41) is 0. The highest BCUT2D eigenvalue weighted by Crippen LogP contribution is 2.15. The Hall–Kier alpha value is -1.44. The summed E-state index contributed by atoms with van der Waals surface area (Å²) < 4.78 is 32.4. The van der Waals surface area contributed by atoms with E-state index in [9.17, 15) is 13.2 Å². The smallest absolute Gasteiger partial charge is 0.240 e. The Morgan fingerprint density at radius 1 is 1.35 bits per heavy atom. The molecule has 0 bridgehead atoms. The fourth-order valence-corrected chi connectivity index (χ4v) is 4.00. The molecule has 0 spiro atoms. The quantitative estimate of drug-likeness (QED) is 0.761. The van der Waals surface area contributed by atoms with Crippen molar-refractivity contribution < 1.29 is 17.9 Å². The molecule has 1 unspecified atom stereocenters. The third kappa shape index (κ3) is 5.30. The van der Waals surface area contributed by atoms with Crippen LogP contribution in [-0.4, -0.2) is 52.1 Å². The Morgan fingerprint density at radius 3 is 2.78 bits per heavy atom. The number of rotatable bonds is 7. The lowest BCUT2D eigenvalue weighted by Gasteiger charge is -2.33. The van der Waals surface area contributed by atoms with Gasteiger partial charge in [0, 0.05) is 39.3 Å². The van der Waals surface area contributed by atoms with Crippen LogP contribution in [-0.2, 0) is 19.6 Å². The van der Waals surface area contributed by atoms with Crippen molar-refractivity contribution >= 4 is 15.9 Å². The van der Waals surface area contributed by atoms with E-state index in [1.807, 2.05) is 0 Å². The van der Waals surface area contributed by atoms with Gasteiger partial charge in [-0.3, -0.25) is 4.79 Å². The molecule has 6 nitrogen and oxygen atoms in total. The van der Waals surface area contributed by atoms with Gasteiger partial charge in [0.05, 0.1) is 4.90 Å². The van der Waals surface area contributed by atoms with E-state index in [1.54, 1.807) is 42.3 Å². The van der Waals surface area contributed by atoms with Gasteiger partial charge in [-0.1, -0.05) is 18.2 Å². The van der Waals surface area contributed by atoms with Gasteiger partial charge in [-0.15, -0.1) is 0 Å². The summed E-state index contributed by atoms with van der Waals surface area (Å²) in [6.45, 7) is 1.68. The number of sulfonamides is 1. The molecule has 1 amide bonds. The van der Waals surface area contributed by atoms with Crippen LogP contribution in [0.1, 0.15) is 25.7 Å². The van der Waals surface area contributed by atoms with Crippen molar-refractivity contribution in [3.63, 3.8) is 0 Å². The summed E-state index contributed by atoms with van der Waals surface area (Å²) in [5.74, 6) is 0.0608. The predicted molar refractivity (Wildman–Crippen MR) is 87.5 cm³/mol. The fourth-order valence-electron chi connectivity index (χ4n) is 2.71. The zero-order valence-corrected chi connectivity index (χ0v) is 14.2. The Bertz CT molecular complexity index is 604. The molecule has 0 aromatic heterocycles. The van der Waals surface area contributed by atoms with E-state index in [0.717, 1.165) is 12.8 Å². The van der Waals surface area contributed by atoms with Crippen LogP contribution in [0.2, 0.25) is 0 Å². The minimum Gasteiger partial charge on any atom is -0.385 e. The summed E-state index contributed by atoms with van der Waals surface area (Å²) >= 11 is 0. The highest BCUT2D eigenvalue weighted by Gasteiger charge is 2.27. The molecule has 0 radical (unpaired) electrons. The van der Waals surface area contributed by atoms with Crippen LogP contribution < -0.4 is 4.72 Å².